The average molecular weight is 247 g/mol. The normalized spacial score (nSPS) is 9.94. The van der Waals surface area contributed by atoms with Crippen LogP contribution in [-0.4, -0.2) is 11.3 Å². The van der Waals surface area contributed by atoms with Gasteiger partial charge in [0.2, 0.25) is 0 Å². The topological polar surface area (TPSA) is 42.0 Å². The number of benzene rings is 1. The summed E-state index contributed by atoms with van der Waals surface area (Å²) in [7, 11) is 0. The maximum absolute atomic E-state index is 10.6. The molecule has 0 bridgehead atoms. The molecule has 1 aromatic carbocycles. The highest BCUT2D eigenvalue weighted by Crippen LogP contribution is 2.12. The molecule has 0 unspecified atom stereocenters. The van der Waals surface area contributed by atoms with Crippen LogP contribution in [0.3, 0.4) is 0 Å². The van der Waals surface area contributed by atoms with E-state index in [-0.39, 0.29) is 0 Å². The minimum atomic E-state index is 0.605. The molecule has 2 aromatic rings. The van der Waals surface area contributed by atoms with Crippen molar-refractivity contribution in [3.8, 4) is 0 Å². The van der Waals surface area contributed by atoms with E-state index in [1.54, 1.807) is 18.3 Å². The molecule has 86 valence electrons. The van der Waals surface area contributed by atoms with E-state index in [4.69, 9.17) is 11.6 Å². The van der Waals surface area contributed by atoms with Crippen molar-refractivity contribution < 1.29 is 4.79 Å². The molecular weight excluding hydrogens is 236 g/mol. The Kier molecular flexibility index (Phi) is 3.73. The predicted molar refractivity (Wildman–Crippen MR) is 68.4 cm³/mol. The summed E-state index contributed by atoms with van der Waals surface area (Å²) in [5, 5.41) is 3.84. The second-order valence-corrected chi connectivity index (χ2v) is 4.01. The third kappa shape index (κ3) is 3.29. The first-order valence-electron chi connectivity index (χ1n) is 5.17. The van der Waals surface area contributed by atoms with E-state index in [2.05, 4.69) is 10.3 Å². The average Bonchev–Trinajstić information content (AvgIpc) is 2.37. The summed E-state index contributed by atoms with van der Waals surface area (Å²) in [6, 6.07) is 11.0. The number of aldehydes is 1. The molecular formula is C13H11ClN2O. The molecule has 0 aliphatic rings. The first kappa shape index (κ1) is 11.6. The fourth-order valence-electron chi connectivity index (χ4n) is 1.46. The zero-order valence-corrected chi connectivity index (χ0v) is 9.82. The molecule has 0 amide bonds. The van der Waals surface area contributed by atoms with Gasteiger partial charge in [0.15, 0.2) is 0 Å². The Labute approximate surface area is 104 Å². The third-order valence-electron chi connectivity index (χ3n) is 2.28. The number of hydrogen-bond donors (Lipinski definition) is 1. The first-order valence-corrected chi connectivity index (χ1v) is 5.55. The third-order valence-corrected chi connectivity index (χ3v) is 2.52. The van der Waals surface area contributed by atoms with Crippen LogP contribution in [0.2, 0.25) is 5.02 Å². The zero-order chi connectivity index (χ0) is 12.1. The molecule has 3 nitrogen and oxygen atoms in total. The molecule has 1 heterocycles. The minimum Gasteiger partial charge on any atom is -0.366 e. The van der Waals surface area contributed by atoms with Gasteiger partial charge in [-0.25, -0.2) is 4.98 Å². The highest BCUT2D eigenvalue weighted by atomic mass is 35.5. The summed E-state index contributed by atoms with van der Waals surface area (Å²) in [4.78, 5) is 14.7. The molecule has 1 aromatic heterocycles. The van der Waals surface area contributed by atoms with Gasteiger partial charge < -0.3 is 5.32 Å². The van der Waals surface area contributed by atoms with Gasteiger partial charge in [0, 0.05) is 23.3 Å². The van der Waals surface area contributed by atoms with E-state index >= 15 is 0 Å². The number of carbonyl (C=O) groups excluding carboxylic acids is 1. The molecule has 0 aliphatic carbocycles. The predicted octanol–water partition coefficient (Wildman–Crippen LogP) is 3.16. The lowest BCUT2D eigenvalue weighted by Crippen LogP contribution is -2.01. The highest BCUT2D eigenvalue weighted by Gasteiger charge is 1.97. The molecule has 0 saturated carbocycles. The largest absolute Gasteiger partial charge is 0.366 e. The van der Waals surface area contributed by atoms with Gasteiger partial charge in [0.1, 0.15) is 12.1 Å². The van der Waals surface area contributed by atoms with Gasteiger partial charge in [-0.2, -0.15) is 0 Å². The number of nitrogens with one attached hydrogen (secondary N) is 1. The van der Waals surface area contributed by atoms with E-state index in [1.807, 2.05) is 24.3 Å². The van der Waals surface area contributed by atoms with Gasteiger partial charge in [-0.15, -0.1) is 0 Å². The molecule has 4 heteroatoms. The van der Waals surface area contributed by atoms with Crippen molar-refractivity contribution in [1.29, 1.82) is 0 Å². The summed E-state index contributed by atoms with van der Waals surface area (Å²) >= 11 is 5.88. The van der Waals surface area contributed by atoms with Crippen LogP contribution in [0.1, 0.15) is 15.9 Å². The van der Waals surface area contributed by atoms with Crippen LogP contribution in [0.15, 0.2) is 42.6 Å². The molecule has 0 saturated heterocycles. The molecule has 2 rings (SSSR count). The number of rotatable bonds is 4. The number of halogens is 1. The monoisotopic (exact) mass is 246 g/mol. The standard InChI is InChI=1S/C13H11ClN2O/c14-12-3-1-2-10(6-12)8-16-13-7-11(9-17)4-5-15-13/h1-7,9H,8H2,(H,15,16). The molecule has 0 aliphatic heterocycles. The fourth-order valence-corrected chi connectivity index (χ4v) is 1.67. The van der Waals surface area contributed by atoms with Crippen molar-refractivity contribution in [2.45, 2.75) is 6.54 Å². The second-order valence-electron chi connectivity index (χ2n) is 3.58. The number of pyridine rings is 1. The Bertz CT molecular complexity index is 528. The van der Waals surface area contributed by atoms with E-state index < -0.39 is 0 Å². The Balaban J connectivity index is 2.04. The molecule has 0 fully saturated rings. The van der Waals surface area contributed by atoms with Crippen LogP contribution in [0, 0.1) is 0 Å². The van der Waals surface area contributed by atoms with Gasteiger partial charge >= 0.3 is 0 Å². The van der Waals surface area contributed by atoms with E-state index in [9.17, 15) is 4.79 Å². The first-order chi connectivity index (χ1) is 8.28. The number of nitrogens with zero attached hydrogens (tertiary/aromatic N) is 1. The lowest BCUT2D eigenvalue weighted by atomic mass is 10.2. The Hall–Kier alpha value is -1.87. The lowest BCUT2D eigenvalue weighted by Gasteiger charge is -2.06. The number of carbonyl (C=O) groups is 1. The Morgan fingerprint density at radius 2 is 2.18 bits per heavy atom. The maximum Gasteiger partial charge on any atom is 0.150 e. The van der Waals surface area contributed by atoms with E-state index in [0.29, 0.717) is 22.9 Å². The second kappa shape index (κ2) is 5.46. The van der Waals surface area contributed by atoms with Crippen molar-refractivity contribution in [3.63, 3.8) is 0 Å². The van der Waals surface area contributed by atoms with Gasteiger partial charge in [0.25, 0.3) is 0 Å². The highest BCUT2D eigenvalue weighted by molar-refractivity contribution is 6.30. The van der Waals surface area contributed by atoms with E-state index in [1.165, 1.54) is 0 Å². The van der Waals surface area contributed by atoms with Crippen LogP contribution in [0.25, 0.3) is 0 Å². The number of anilines is 1. The Morgan fingerprint density at radius 3 is 2.94 bits per heavy atom. The smallest absolute Gasteiger partial charge is 0.150 e. The van der Waals surface area contributed by atoms with Gasteiger partial charge in [0.05, 0.1) is 0 Å². The van der Waals surface area contributed by atoms with Crippen molar-refractivity contribution in [3.05, 3.63) is 58.7 Å². The van der Waals surface area contributed by atoms with Crippen molar-refractivity contribution >= 4 is 23.7 Å². The quantitative estimate of drug-likeness (QED) is 0.843. The SMILES string of the molecule is O=Cc1ccnc(NCc2cccc(Cl)c2)c1. The number of aromatic nitrogens is 1. The summed E-state index contributed by atoms with van der Waals surface area (Å²) in [5.41, 5.74) is 1.67. The van der Waals surface area contributed by atoms with E-state index in [0.717, 1.165) is 11.8 Å². The van der Waals surface area contributed by atoms with Gasteiger partial charge in [-0.3, -0.25) is 4.79 Å². The van der Waals surface area contributed by atoms with Crippen molar-refractivity contribution in [2.24, 2.45) is 0 Å². The van der Waals surface area contributed by atoms with Crippen LogP contribution >= 0.6 is 11.6 Å². The van der Waals surface area contributed by atoms with Crippen LogP contribution in [0.5, 0.6) is 0 Å². The minimum absolute atomic E-state index is 0.605. The summed E-state index contributed by atoms with van der Waals surface area (Å²) in [6.45, 7) is 0.621. The summed E-state index contributed by atoms with van der Waals surface area (Å²) in [5.74, 6) is 0.676. The van der Waals surface area contributed by atoms with Crippen LogP contribution in [-0.2, 0) is 6.54 Å². The Morgan fingerprint density at radius 1 is 1.29 bits per heavy atom. The van der Waals surface area contributed by atoms with Crippen molar-refractivity contribution in [2.75, 3.05) is 5.32 Å². The molecule has 0 radical (unpaired) electrons. The zero-order valence-electron chi connectivity index (χ0n) is 9.06. The molecule has 0 atom stereocenters. The molecule has 1 N–H and O–H groups in total. The summed E-state index contributed by atoms with van der Waals surface area (Å²) in [6.07, 6.45) is 2.40. The van der Waals surface area contributed by atoms with Crippen LogP contribution < -0.4 is 5.32 Å². The fraction of sp³-hybridized carbons (Fsp3) is 0.0769. The van der Waals surface area contributed by atoms with Crippen molar-refractivity contribution in [1.82, 2.24) is 4.98 Å². The number of hydrogen-bond acceptors (Lipinski definition) is 3. The molecule has 17 heavy (non-hydrogen) atoms. The maximum atomic E-state index is 10.6. The van der Waals surface area contributed by atoms with Gasteiger partial charge in [-0.1, -0.05) is 23.7 Å². The van der Waals surface area contributed by atoms with Crippen LogP contribution in [0.4, 0.5) is 5.82 Å². The molecule has 0 spiro atoms. The van der Waals surface area contributed by atoms with Gasteiger partial charge in [-0.05, 0) is 29.8 Å². The summed E-state index contributed by atoms with van der Waals surface area (Å²) < 4.78 is 0. The lowest BCUT2D eigenvalue weighted by molar-refractivity contribution is 0.112.